The fourth-order valence-electron chi connectivity index (χ4n) is 3.13. The lowest BCUT2D eigenvalue weighted by Gasteiger charge is -2.30. The molecular formula is C18H20Br2ClN5O4. The van der Waals surface area contributed by atoms with E-state index in [4.69, 9.17) is 11.6 Å². The number of quaternary nitrogens is 1. The van der Waals surface area contributed by atoms with Crippen molar-refractivity contribution in [2.45, 2.75) is 11.9 Å². The zero-order valence-corrected chi connectivity index (χ0v) is 20.2. The molecule has 9 nitrogen and oxygen atoms in total. The smallest absolute Gasteiger partial charge is 0.315 e. The molecule has 1 heterocycles. The Morgan fingerprint density at radius 3 is 2.53 bits per heavy atom. The number of hydrogen-bond acceptors (Lipinski definition) is 6. The lowest BCUT2D eigenvalue weighted by Crippen LogP contribution is -3.00. The molecule has 2 aromatic carbocycles. The van der Waals surface area contributed by atoms with Gasteiger partial charge in [-0.15, -0.1) is 0 Å². The van der Waals surface area contributed by atoms with Crippen LogP contribution in [0.15, 0.2) is 35.0 Å². The molecule has 3 aromatic rings. The first-order chi connectivity index (χ1) is 13.7. The van der Waals surface area contributed by atoms with Gasteiger partial charge in [0.1, 0.15) is 11.6 Å². The van der Waals surface area contributed by atoms with Crippen molar-refractivity contribution in [3.8, 4) is 0 Å². The Labute approximate surface area is 196 Å². The molecule has 0 bridgehead atoms. The van der Waals surface area contributed by atoms with Crippen molar-refractivity contribution in [2.75, 3.05) is 32.5 Å². The van der Waals surface area contributed by atoms with Crippen LogP contribution in [0.1, 0.15) is 11.1 Å². The van der Waals surface area contributed by atoms with Gasteiger partial charge in [0.05, 0.1) is 32.1 Å². The zero-order chi connectivity index (χ0) is 21.2. The van der Waals surface area contributed by atoms with E-state index in [0.29, 0.717) is 17.6 Å². The van der Waals surface area contributed by atoms with Crippen LogP contribution >= 0.6 is 27.5 Å². The highest BCUT2D eigenvalue weighted by Gasteiger charge is 2.29. The number of nitrogens with zero attached hydrogens (tertiary/aromatic N) is 4. The summed E-state index contributed by atoms with van der Waals surface area (Å²) in [6.07, 6.45) is 0. The summed E-state index contributed by atoms with van der Waals surface area (Å²) in [6.45, 7) is 1.82. The normalized spacial score (nSPS) is 11.3. The number of benzene rings is 2. The van der Waals surface area contributed by atoms with E-state index >= 15 is 0 Å². The predicted octanol–water partition coefficient (Wildman–Crippen LogP) is 0.610. The monoisotopic (exact) mass is 563 g/mol. The Morgan fingerprint density at radius 1 is 1.30 bits per heavy atom. The fourth-order valence-corrected chi connectivity index (χ4v) is 3.77. The van der Waals surface area contributed by atoms with E-state index in [-0.39, 0.29) is 49.3 Å². The molecule has 0 spiro atoms. The Morgan fingerprint density at radius 2 is 1.93 bits per heavy atom. The second kappa shape index (κ2) is 9.90. The molecule has 1 aromatic heterocycles. The van der Waals surface area contributed by atoms with E-state index < -0.39 is 4.92 Å². The summed E-state index contributed by atoms with van der Waals surface area (Å²) in [4.78, 5) is 11.0. The van der Waals surface area contributed by atoms with Gasteiger partial charge in [0.15, 0.2) is 5.69 Å². The standard InChI is InChI=1S/C18H20BrClN5O4.BrH/c1-25(2,11-13-5-3-12(10-19)4-6-13)8-7-21-16-17(23(26)27)14(20)9-15-18(16)24(28)29-22-15;/h3-6,9,21H,7-8,10-11H2,1-2H3;1H/q+1;/p-1. The minimum Gasteiger partial charge on any atom is -1.00 e. The van der Waals surface area contributed by atoms with Gasteiger partial charge in [-0.1, -0.05) is 51.8 Å². The Kier molecular flexibility index (Phi) is 8.03. The quantitative estimate of drug-likeness (QED) is 0.141. The van der Waals surface area contributed by atoms with Crippen molar-refractivity contribution in [1.29, 1.82) is 0 Å². The van der Waals surface area contributed by atoms with Crippen molar-refractivity contribution < 1.29 is 35.9 Å². The number of anilines is 1. The number of likely N-dealkylation sites (N-methyl/N-ethyl adjacent to an activating group) is 1. The molecule has 0 radical (unpaired) electrons. The van der Waals surface area contributed by atoms with Gasteiger partial charge in [-0.05, 0) is 10.5 Å². The first-order valence-electron chi connectivity index (χ1n) is 8.78. The topological polar surface area (TPSA) is 108 Å². The van der Waals surface area contributed by atoms with Gasteiger partial charge < -0.3 is 32.0 Å². The van der Waals surface area contributed by atoms with Gasteiger partial charge in [-0.3, -0.25) is 14.7 Å². The number of alkyl halides is 1. The molecule has 0 aliphatic heterocycles. The first-order valence-corrected chi connectivity index (χ1v) is 10.3. The van der Waals surface area contributed by atoms with Gasteiger partial charge in [0, 0.05) is 22.1 Å². The van der Waals surface area contributed by atoms with Crippen LogP contribution in [0.3, 0.4) is 0 Å². The molecule has 0 fully saturated rings. The van der Waals surface area contributed by atoms with Crippen LogP contribution in [-0.4, -0.2) is 41.7 Å². The predicted molar refractivity (Wildman–Crippen MR) is 113 cm³/mol. The van der Waals surface area contributed by atoms with Gasteiger partial charge >= 0.3 is 5.69 Å². The summed E-state index contributed by atoms with van der Waals surface area (Å²) in [5, 5.41) is 30.7. The first kappa shape index (κ1) is 24.3. The molecule has 162 valence electrons. The summed E-state index contributed by atoms with van der Waals surface area (Å²) in [7, 11) is 4.13. The minimum atomic E-state index is -0.622. The van der Waals surface area contributed by atoms with Crippen molar-refractivity contribution in [3.63, 3.8) is 0 Å². The van der Waals surface area contributed by atoms with Gasteiger partial charge in [-0.2, -0.15) is 0 Å². The van der Waals surface area contributed by atoms with E-state index in [0.717, 1.165) is 11.9 Å². The lowest BCUT2D eigenvalue weighted by atomic mass is 10.1. The Bertz CT molecular complexity index is 1040. The Hall–Kier alpha value is -1.95. The molecule has 1 N–H and O–H groups in total. The lowest BCUT2D eigenvalue weighted by molar-refractivity contribution is -0.902. The number of halogens is 3. The SMILES string of the molecule is C[N+](C)(CCNc1c([N+](=O)[O-])c(Cl)cc2no[n+]([O-])c12)Cc1ccc(CBr)cc1.[Br-]. The second-order valence-electron chi connectivity index (χ2n) is 7.33. The molecule has 0 aliphatic rings. The van der Waals surface area contributed by atoms with Gasteiger partial charge in [0.2, 0.25) is 0 Å². The molecule has 30 heavy (non-hydrogen) atoms. The molecular weight excluding hydrogens is 545 g/mol. The average molecular weight is 566 g/mol. The number of nitro benzene ring substituents is 1. The maximum absolute atomic E-state index is 11.9. The fraction of sp³-hybridized carbons (Fsp3) is 0.333. The van der Waals surface area contributed by atoms with E-state index in [1.54, 1.807) is 0 Å². The molecule has 3 rings (SSSR count). The van der Waals surface area contributed by atoms with E-state index in [1.165, 1.54) is 17.2 Å². The van der Waals surface area contributed by atoms with Crippen LogP contribution < -0.4 is 27.2 Å². The summed E-state index contributed by atoms with van der Waals surface area (Å²) >= 11 is 9.47. The van der Waals surface area contributed by atoms with Crippen LogP contribution in [-0.2, 0) is 11.9 Å². The number of nitro groups is 1. The van der Waals surface area contributed by atoms with E-state index in [9.17, 15) is 15.3 Å². The number of aromatic nitrogens is 2. The minimum absolute atomic E-state index is 0. The largest absolute Gasteiger partial charge is 1.00 e. The van der Waals surface area contributed by atoms with Crippen molar-refractivity contribution in [1.82, 2.24) is 5.16 Å². The van der Waals surface area contributed by atoms with E-state index in [2.05, 4.69) is 69.4 Å². The van der Waals surface area contributed by atoms with Crippen molar-refractivity contribution >= 4 is 49.9 Å². The third-order valence-corrected chi connectivity index (χ3v) is 5.53. The third-order valence-electron chi connectivity index (χ3n) is 4.59. The van der Waals surface area contributed by atoms with Crippen LogP contribution in [0.25, 0.3) is 11.0 Å². The number of rotatable bonds is 8. The maximum Gasteiger partial charge on any atom is 0.315 e. The molecule has 0 unspecified atom stereocenters. The highest BCUT2D eigenvalue weighted by atomic mass is 79.9. The maximum atomic E-state index is 11.9. The zero-order valence-electron chi connectivity index (χ0n) is 16.3. The van der Waals surface area contributed by atoms with Crippen LogP contribution in [0, 0.1) is 15.3 Å². The third kappa shape index (κ3) is 5.39. The van der Waals surface area contributed by atoms with E-state index in [1.807, 2.05) is 0 Å². The molecule has 0 saturated heterocycles. The molecule has 0 saturated carbocycles. The summed E-state index contributed by atoms with van der Waals surface area (Å²) in [5.41, 5.74) is 2.14. The van der Waals surface area contributed by atoms with Crippen LogP contribution in [0.4, 0.5) is 11.4 Å². The van der Waals surface area contributed by atoms with Crippen LogP contribution in [0.5, 0.6) is 0 Å². The Balaban J connectivity index is 0.00000320. The van der Waals surface area contributed by atoms with Gasteiger partial charge in [-0.25, -0.2) is 0 Å². The number of hydrogen-bond donors (Lipinski definition) is 1. The average Bonchev–Trinajstić information content (AvgIpc) is 3.01. The van der Waals surface area contributed by atoms with Crippen molar-refractivity contribution in [2.24, 2.45) is 0 Å². The van der Waals surface area contributed by atoms with Crippen molar-refractivity contribution in [3.05, 3.63) is 61.8 Å². The number of fused-ring (bicyclic) bond motifs is 1. The summed E-state index contributed by atoms with van der Waals surface area (Å²) in [5.74, 6) is 0. The van der Waals surface area contributed by atoms with Gasteiger partial charge in [0.25, 0.3) is 11.0 Å². The molecule has 0 atom stereocenters. The number of nitrogens with one attached hydrogen (secondary N) is 1. The molecule has 0 amide bonds. The summed E-state index contributed by atoms with van der Waals surface area (Å²) in [6, 6.07) is 9.58. The van der Waals surface area contributed by atoms with Crippen LogP contribution in [0.2, 0.25) is 5.02 Å². The highest BCUT2D eigenvalue weighted by molar-refractivity contribution is 9.08. The molecule has 12 heteroatoms. The summed E-state index contributed by atoms with van der Waals surface area (Å²) < 4.78 is 5.21. The second-order valence-corrected chi connectivity index (χ2v) is 8.30. The highest BCUT2D eigenvalue weighted by Crippen LogP contribution is 2.37. The molecule has 0 aliphatic carbocycles.